The van der Waals surface area contributed by atoms with Gasteiger partial charge in [0.05, 0.1) is 25.7 Å². The first-order valence-electron chi connectivity index (χ1n) is 6.31. The largest absolute Gasteiger partial charge is 0.465 e. The van der Waals surface area contributed by atoms with E-state index in [-0.39, 0.29) is 17.8 Å². The summed E-state index contributed by atoms with van der Waals surface area (Å²) in [6.07, 6.45) is 5.72. The molecule has 0 amide bonds. The second-order valence-electron chi connectivity index (χ2n) is 5.29. The lowest BCUT2D eigenvalue weighted by Gasteiger charge is -2.33. The van der Waals surface area contributed by atoms with E-state index in [0.717, 1.165) is 12.8 Å². The summed E-state index contributed by atoms with van der Waals surface area (Å²) in [6.45, 7) is 3.94. The first-order valence-corrected chi connectivity index (χ1v) is 6.31. The van der Waals surface area contributed by atoms with Crippen molar-refractivity contribution < 1.29 is 19.0 Å². The SMILES string of the molecule is C[C@H]1/C=C\[C@H]2C(=O)OC[C@@H]2CC2(C1)OCCO2. The van der Waals surface area contributed by atoms with Crippen LogP contribution < -0.4 is 0 Å². The lowest BCUT2D eigenvalue weighted by molar-refractivity contribution is -0.181. The Morgan fingerprint density at radius 3 is 2.76 bits per heavy atom. The van der Waals surface area contributed by atoms with E-state index in [0.29, 0.717) is 25.7 Å². The summed E-state index contributed by atoms with van der Waals surface area (Å²) in [7, 11) is 0. The molecular formula is C13H18O4. The smallest absolute Gasteiger partial charge is 0.313 e. The maximum absolute atomic E-state index is 11.6. The van der Waals surface area contributed by atoms with Crippen LogP contribution in [0.1, 0.15) is 19.8 Å². The Bertz CT molecular complexity index is 343. The van der Waals surface area contributed by atoms with Crippen molar-refractivity contribution in [3.63, 3.8) is 0 Å². The van der Waals surface area contributed by atoms with Gasteiger partial charge in [-0.15, -0.1) is 0 Å². The molecule has 17 heavy (non-hydrogen) atoms. The molecule has 4 heteroatoms. The molecule has 3 atom stereocenters. The lowest BCUT2D eigenvalue weighted by Crippen LogP contribution is -2.37. The van der Waals surface area contributed by atoms with Gasteiger partial charge in [-0.3, -0.25) is 4.79 Å². The average Bonchev–Trinajstić information content (AvgIpc) is 2.84. The molecule has 3 rings (SSSR count). The quantitative estimate of drug-likeness (QED) is 0.474. The van der Waals surface area contributed by atoms with Crippen LogP contribution in [-0.4, -0.2) is 31.6 Å². The Morgan fingerprint density at radius 1 is 1.24 bits per heavy atom. The van der Waals surface area contributed by atoms with Crippen LogP contribution in [0.4, 0.5) is 0 Å². The number of ether oxygens (including phenoxy) is 3. The van der Waals surface area contributed by atoms with Gasteiger partial charge in [0.25, 0.3) is 0 Å². The van der Waals surface area contributed by atoms with Crippen molar-refractivity contribution in [1.29, 1.82) is 0 Å². The van der Waals surface area contributed by atoms with Crippen LogP contribution in [0.25, 0.3) is 0 Å². The Balaban J connectivity index is 1.87. The van der Waals surface area contributed by atoms with Crippen molar-refractivity contribution in [1.82, 2.24) is 0 Å². The fourth-order valence-corrected chi connectivity index (χ4v) is 3.09. The van der Waals surface area contributed by atoms with E-state index in [1.165, 1.54) is 0 Å². The molecule has 0 aromatic heterocycles. The predicted octanol–water partition coefficient (Wildman–Crippen LogP) is 1.50. The summed E-state index contributed by atoms with van der Waals surface area (Å²) in [5, 5.41) is 0. The van der Waals surface area contributed by atoms with E-state index in [2.05, 4.69) is 13.0 Å². The van der Waals surface area contributed by atoms with Crippen molar-refractivity contribution in [2.45, 2.75) is 25.6 Å². The highest BCUT2D eigenvalue weighted by atomic mass is 16.7. The third kappa shape index (κ3) is 2.00. The van der Waals surface area contributed by atoms with Gasteiger partial charge in [0.1, 0.15) is 0 Å². The molecule has 3 aliphatic rings. The third-order valence-electron chi connectivity index (χ3n) is 3.89. The van der Waals surface area contributed by atoms with E-state index in [4.69, 9.17) is 14.2 Å². The number of carbonyl (C=O) groups is 1. The number of fused-ring (bicyclic) bond motifs is 1. The van der Waals surface area contributed by atoms with Crippen molar-refractivity contribution in [3.05, 3.63) is 12.2 Å². The minimum Gasteiger partial charge on any atom is -0.465 e. The van der Waals surface area contributed by atoms with E-state index < -0.39 is 5.79 Å². The molecule has 2 fully saturated rings. The van der Waals surface area contributed by atoms with Crippen molar-refractivity contribution in [2.24, 2.45) is 17.8 Å². The van der Waals surface area contributed by atoms with Crippen molar-refractivity contribution in [2.75, 3.05) is 19.8 Å². The van der Waals surface area contributed by atoms with Crippen LogP contribution in [0.15, 0.2) is 12.2 Å². The van der Waals surface area contributed by atoms with Gasteiger partial charge < -0.3 is 14.2 Å². The zero-order chi connectivity index (χ0) is 11.9. The minimum absolute atomic E-state index is 0.103. The number of hydrogen-bond acceptors (Lipinski definition) is 4. The van der Waals surface area contributed by atoms with Gasteiger partial charge in [-0.25, -0.2) is 0 Å². The summed E-state index contributed by atoms with van der Waals surface area (Å²) in [6, 6.07) is 0. The van der Waals surface area contributed by atoms with Gasteiger partial charge in [-0.2, -0.15) is 0 Å². The van der Waals surface area contributed by atoms with E-state index >= 15 is 0 Å². The molecule has 94 valence electrons. The van der Waals surface area contributed by atoms with Gasteiger partial charge in [0.15, 0.2) is 5.79 Å². The first kappa shape index (κ1) is 11.2. The molecule has 0 saturated carbocycles. The summed E-state index contributed by atoms with van der Waals surface area (Å²) in [4.78, 5) is 11.6. The summed E-state index contributed by atoms with van der Waals surface area (Å²) in [5.41, 5.74) is 0. The Morgan fingerprint density at radius 2 is 2.00 bits per heavy atom. The normalized spacial score (nSPS) is 41.7. The zero-order valence-electron chi connectivity index (χ0n) is 10.1. The molecule has 0 N–H and O–H groups in total. The second kappa shape index (κ2) is 4.10. The topological polar surface area (TPSA) is 44.8 Å². The monoisotopic (exact) mass is 238 g/mol. The molecule has 2 aliphatic heterocycles. The highest BCUT2D eigenvalue weighted by Crippen LogP contribution is 2.40. The Kier molecular flexibility index (Phi) is 2.71. The van der Waals surface area contributed by atoms with Crippen LogP contribution in [0.5, 0.6) is 0 Å². The standard InChI is InChI=1S/C13H18O4/c1-9-2-3-11-10(8-15-12(11)14)7-13(6-9)16-4-5-17-13/h2-3,9-11H,4-8H2,1H3/b3-2-/t9-,10-,11+/m0/s1. The third-order valence-corrected chi connectivity index (χ3v) is 3.89. The van der Waals surface area contributed by atoms with E-state index in [1.807, 2.05) is 6.08 Å². The average molecular weight is 238 g/mol. The molecule has 0 radical (unpaired) electrons. The molecule has 4 nitrogen and oxygen atoms in total. The van der Waals surface area contributed by atoms with Crippen molar-refractivity contribution in [3.8, 4) is 0 Å². The van der Waals surface area contributed by atoms with Crippen LogP contribution in [0, 0.1) is 17.8 Å². The fraction of sp³-hybridized carbons (Fsp3) is 0.769. The van der Waals surface area contributed by atoms with Gasteiger partial charge >= 0.3 is 5.97 Å². The molecule has 1 aliphatic carbocycles. The summed E-state index contributed by atoms with van der Waals surface area (Å²) < 4.78 is 16.8. The maximum Gasteiger partial charge on any atom is 0.313 e. The first-order chi connectivity index (χ1) is 8.19. The maximum atomic E-state index is 11.6. The number of allylic oxidation sites excluding steroid dienone is 1. The molecule has 2 heterocycles. The number of esters is 1. The molecule has 0 bridgehead atoms. The van der Waals surface area contributed by atoms with Gasteiger partial charge in [0.2, 0.25) is 0 Å². The highest BCUT2D eigenvalue weighted by molar-refractivity contribution is 5.76. The Hall–Kier alpha value is -0.870. The number of cyclic esters (lactones) is 1. The van der Waals surface area contributed by atoms with Gasteiger partial charge in [-0.1, -0.05) is 19.1 Å². The van der Waals surface area contributed by atoms with Crippen LogP contribution in [0.2, 0.25) is 0 Å². The van der Waals surface area contributed by atoms with Gasteiger partial charge in [0, 0.05) is 18.8 Å². The van der Waals surface area contributed by atoms with E-state index in [1.54, 1.807) is 0 Å². The summed E-state index contributed by atoms with van der Waals surface area (Å²) in [5.74, 6) is -0.135. The van der Waals surface area contributed by atoms with Crippen LogP contribution in [0.3, 0.4) is 0 Å². The molecule has 0 aromatic rings. The van der Waals surface area contributed by atoms with Crippen LogP contribution in [-0.2, 0) is 19.0 Å². The van der Waals surface area contributed by atoms with E-state index in [9.17, 15) is 4.79 Å². The number of rotatable bonds is 0. The molecule has 1 spiro atoms. The fourth-order valence-electron chi connectivity index (χ4n) is 3.09. The summed E-state index contributed by atoms with van der Waals surface area (Å²) >= 11 is 0. The minimum atomic E-state index is -0.485. The van der Waals surface area contributed by atoms with Gasteiger partial charge in [-0.05, 0) is 5.92 Å². The number of carbonyl (C=O) groups excluding carboxylic acids is 1. The number of hydrogen-bond donors (Lipinski definition) is 0. The van der Waals surface area contributed by atoms with Crippen molar-refractivity contribution >= 4 is 5.97 Å². The lowest BCUT2D eigenvalue weighted by atomic mass is 9.82. The molecule has 0 aromatic carbocycles. The van der Waals surface area contributed by atoms with Crippen LogP contribution >= 0.6 is 0 Å². The molecular weight excluding hydrogens is 220 g/mol. The Labute approximate surface area is 101 Å². The predicted molar refractivity (Wildman–Crippen MR) is 60.1 cm³/mol. The second-order valence-corrected chi connectivity index (χ2v) is 5.29. The highest BCUT2D eigenvalue weighted by Gasteiger charge is 2.46. The molecule has 0 unspecified atom stereocenters. The zero-order valence-corrected chi connectivity index (χ0v) is 10.1. The molecule has 2 saturated heterocycles.